The Morgan fingerprint density at radius 2 is 1.65 bits per heavy atom. The van der Waals surface area contributed by atoms with Crippen LogP contribution in [0.1, 0.15) is 28.3 Å². The smallest absolute Gasteiger partial charge is 0.0819 e. The molecule has 1 atom stereocenters. The fourth-order valence-electron chi connectivity index (χ4n) is 4.35. The van der Waals surface area contributed by atoms with Gasteiger partial charge in [-0.15, -0.1) is 0 Å². The van der Waals surface area contributed by atoms with E-state index in [9.17, 15) is 0 Å². The predicted molar refractivity (Wildman–Crippen MR) is 109 cm³/mol. The van der Waals surface area contributed by atoms with E-state index >= 15 is 0 Å². The summed E-state index contributed by atoms with van der Waals surface area (Å²) >= 11 is 0. The Morgan fingerprint density at radius 3 is 2.54 bits per heavy atom. The van der Waals surface area contributed by atoms with Crippen LogP contribution in [0.2, 0.25) is 0 Å². The molecule has 1 aliphatic heterocycles. The van der Waals surface area contributed by atoms with Crippen molar-refractivity contribution < 1.29 is 0 Å². The molecule has 26 heavy (non-hydrogen) atoms. The fourth-order valence-corrected chi connectivity index (χ4v) is 4.35. The Labute approximate surface area is 154 Å². The van der Waals surface area contributed by atoms with Crippen LogP contribution in [0.25, 0.3) is 10.9 Å². The molecular formula is C24H22N2. The van der Waals surface area contributed by atoms with Crippen molar-refractivity contribution in [2.75, 3.05) is 11.4 Å². The van der Waals surface area contributed by atoms with Crippen molar-refractivity contribution in [2.24, 2.45) is 0 Å². The molecule has 1 unspecified atom stereocenters. The number of para-hydroxylation sites is 2. The highest BCUT2D eigenvalue weighted by molar-refractivity contribution is 5.87. The summed E-state index contributed by atoms with van der Waals surface area (Å²) in [5.41, 5.74) is 8.08. The van der Waals surface area contributed by atoms with E-state index in [-0.39, 0.29) is 6.04 Å². The average molecular weight is 338 g/mol. The van der Waals surface area contributed by atoms with E-state index < -0.39 is 0 Å². The van der Waals surface area contributed by atoms with E-state index in [1.54, 1.807) is 0 Å². The molecule has 0 amide bonds. The van der Waals surface area contributed by atoms with Crippen LogP contribution in [0.4, 0.5) is 5.69 Å². The summed E-state index contributed by atoms with van der Waals surface area (Å²) in [5, 5.41) is 1.33. The molecule has 1 N–H and O–H groups in total. The first kappa shape index (κ1) is 15.3. The zero-order valence-electron chi connectivity index (χ0n) is 14.9. The number of nitrogens with one attached hydrogen (secondary N) is 1. The molecule has 5 rings (SSSR count). The number of aromatic amines is 1. The van der Waals surface area contributed by atoms with Crippen LogP contribution in [0.5, 0.6) is 0 Å². The molecule has 0 bridgehead atoms. The lowest BCUT2D eigenvalue weighted by atomic mass is 9.87. The van der Waals surface area contributed by atoms with Crippen molar-refractivity contribution in [3.05, 3.63) is 101 Å². The predicted octanol–water partition coefficient (Wildman–Crippen LogP) is 5.63. The first-order chi connectivity index (χ1) is 12.8. The zero-order valence-corrected chi connectivity index (χ0v) is 14.9. The molecule has 0 spiro atoms. The maximum absolute atomic E-state index is 3.53. The summed E-state index contributed by atoms with van der Waals surface area (Å²) in [6.07, 6.45) is 3.29. The first-order valence-corrected chi connectivity index (χ1v) is 9.29. The summed E-state index contributed by atoms with van der Waals surface area (Å²) in [5.74, 6) is 0. The third-order valence-corrected chi connectivity index (χ3v) is 5.62. The number of anilines is 1. The summed E-state index contributed by atoms with van der Waals surface area (Å²) in [6, 6.07) is 26.5. The number of fused-ring (bicyclic) bond motifs is 2. The largest absolute Gasteiger partial charge is 0.361 e. The number of hydrogen-bond donors (Lipinski definition) is 1. The number of hydrogen-bond acceptors (Lipinski definition) is 1. The van der Waals surface area contributed by atoms with Crippen LogP contribution in [0.15, 0.2) is 79.0 Å². The Bertz CT molecular complexity index is 1060. The van der Waals surface area contributed by atoms with Gasteiger partial charge in [0.1, 0.15) is 0 Å². The molecule has 2 heterocycles. The monoisotopic (exact) mass is 338 g/mol. The van der Waals surface area contributed by atoms with Gasteiger partial charge < -0.3 is 9.88 Å². The second-order valence-electron chi connectivity index (χ2n) is 7.12. The highest BCUT2D eigenvalue weighted by Crippen LogP contribution is 2.41. The minimum absolute atomic E-state index is 0.234. The van der Waals surface area contributed by atoms with Gasteiger partial charge in [0.05, 0.1) is 6.04 Å². The van der Waals surface area contributed by atoms with Crippen LogP contribution in [0.3, 0.4) is 0 Å². The second kappa shape index (κ2) is 6.06. The average Bonchev–Trinajstić information content (AvgIpc) is 3.13. The lowest BCUT2D eigenvalue weighted by Crippen LogP contribution is -2.36. The lowest BCUT2D eigenvalue weighted by molar-refractivity contribution is 0.656. The standard InChI is InChI=1S/C24H22N2/c1-17-8-7-13-21-22(16-25-23(17)21)24-20-12-6-5-9-18(20)14-15-26(24)19-10-3-2-4-11-19/h2-13,16,24-25H,14-15H2,1H3. The number of aryl methyl sites for hydroxylation is 1. The molecule has 0 fully saturated rings. The Morgan fingerprint density at radius 1 is 0.846 bits per heavy atom. The van der Waals surface area contributed by atoms with Crippen LogP contribution < -0.4 is 4.90 Å². The van der Waals surface area contributed by atoms with Crippen LogP contribution in [-0.2, 0) is 6.42 Å². The molecule has 2 nitrogen and oxygen atoms in total. The van der Waals surface area contributed by atoms with Gasteiger partial charge in [-0.25, -0.2) is 0 Å². The van der Waals surface area contributed by atoms with Crippen molar-refractivity contribution in [2.45, 2.75) is 19.4 Å². The molecule has 0 saturated heterocycles. The molecule has 128 valence electrons. The molecule has 1 aliphatic rings. The number of aromatic nitrogens is 1. The quantitative estimate of drug-likeness (QED) is 0.502. The fraction of sp³-hybridized carbons (Fsp3) is 0.167. The maximum Gasteiger partial charge on any atom is 0.0819 e. The van der Waals surface area contributed by atoms with E-state index in [1.165, 1.54) is 38.8 Å². The highest BCUT2D eigenvalue weighted by Gasteiger charge is 2.30. The van der Waals surface area contributed by atoms with Gasteiger partial charge in [-0.1, -0.05) is 60.7 Å². The maximum atomic E-state index is 3.53. The highest BCUT2D eigenvalue weighted by atomic mass is 15.2. The Hall–Kier alpha value is -3.00. The van der Waals surface area contributed by atoms with Gasteiger partial charge in [-0.3, -0.25) is 0 Å². The van der Waals surface area contributed by atoms with Gasteiger partial charge >= 0.3 is 0 Å². The number of H-pyrrole nitrogens is 1. The first-order valence-electron chi connectivity index (χ1n) is 9.29. The van der Waals surface area contributed by atoms with E-state index in [0.29, 0.717) is 0 Å². The van der Waals surface area contributed by atoms with E-state index in [2.05, 4.69) is 95.8 Å². The van der Waals surface area contributed by atoms with Crippen molar-refractivity contribution in [1.29, 1.82) is 0 Å². The summed E-state index contributed by atoms with van der Waals surface area (Å²) in [4.78, 5) is 6.08. The molecule has 0 radical (unpaired) electrons. The van der Waals surface area contributed by atoms with Crippen LogP contribution >= 0.6 is 0 Å². The molecular weight excluding hydrogens is 316 g/mol. The van der Waals surface area contributed by atoms with E-state index in [0.717, 1.165) is 13.0 Å². The molecule has 0 aliphatic carbocycles. The normalized spacial score (nSPS) is 16.7. The van der Waals surface area contributed by atoms with Crippen LogP contribution in [-0.4, -0.2) is 11.5 Å². The van der Waals surface area contributed by atoms with Gasteiger partial charge in [0.15, 0.2) is 0 Å². The van der Waals surface area contributed by atoms with Crippen molar-refractivity contribution in [3.63, 3.8) is 0 Å². The van der Waals surface area contributed by atoms with E-state index in [4.69, 9.17) is 0 Å². The van der Waals surface area contributed by atoms with Crippen molar-refractivity contribution in [3.8, 4) is 0 Å². The third-order valence-electron chi connectivity index (χ3n) is 5.62. The third kappa shape index (κ3) is 2.33. The molecule has 0 saturated carbocycles. The molecule has 3 aromatic carbocycles. The van der Waals surface area contributed by atoms with Gasteiger partial charge in [0, 0.05) is 34.9 Å². The second-order valence-corrected chi connectivity index (χ2v) is 7.12. The Kier molecular flexibility index (Phi) is 3.56. The number of nitrogens with zero attached hydrogens (tertiary/aromatic N) is 1. The molecule has 4 aromatic rings. The minimum Gasteiger partial charge on any atom is -0.361 e. The zero-order chi connectivity index (χ0) is 17.5. The Balaban J connectivity index is 1.74. The topological polar surface area (TPSA) is 19.0 Å². The summed E-state index contributed by atoms with van der Waals surface area (Å²) < 4.78 is 0. The van der Waals surface area contributed by atoms with Gasteiger partial charge in [-0.2, -0.15) is 0 Å². The van der Waals surface area contributed by atoms with Crippen molar-refractivity contribution >= 4 is 16.6 Å². The molecule has 1 aromatic heterocycles. The minimum atomic E-state index is 0.234. The lowest BCUT2D eigenvalue weighted by Gasteiger charge is -2.39. The van der Waals surface area contributed by atoms with Gasteiger partial charge in [-0.05, 0) is 42.2 Å². The number of rotatable bonds is 2. The van der Waals surface area contributed by atoms with Gasteiger partial charge in [0.25, 0.3) is 0 Å². The summed E-state index contributed by atoms with van der Waals surface area (Å²) in [7, 11) is 0. The van der Waals surface area contributed by atoms with Crippen LogP contribution in [0, 0.1) is 6.92 Å². The van der Waals surface area contributed by atoms with Crippen molar-refractivity contribution in [1.82, 2.24) is 4.98 Å². The number of benzene rings is 3. The SMILES string of the molecule is Cc1cccc2c(C3c4ccccc4CCN3c3ccccc3)c[nH]c12. The van der Waals surface area contributed by atoms with Gasteiger partial charge in [0.2, 0.25) is 0 Å². The summed E-state index contributed by atoms with van der Waals surface area (Å²) in [6.45, 7) is 3.20. The molecule has 2 heteroatoms. The van der Waals surface area contributed by atoms with E-state index in [1.807, 2.05) is 0 Å².